The second-order valence-corrected chi connectivity index (χ2v) is 3.52. The highest BCUT2D eigenvalue weighted by Crippen LogP contribution is 2.32. The summed E-state index contributed by atoms with van der Waals surface area (Å²) in [7, 11) is 0. The largest absolute Gasteiger partial charge is 0.486 e. The zero-order valence-electron chi connectivity index (χ0n) is 8.90. The van der Waals surface area contributed by atoms with Gasteiger partial charge in [-0.1, -0.05) is 6.07 Å². The molecule has 0 saturated heterocycles. The molecule has 4 heteroatoms. The van der Waals surface area contributed by atoms with E-state index in [1.165, 1.54) is 6.08 Å². The molecule has 4 nitrogen and oxygen atoms in total. The van der Waals surface area contributed by atoms with Crippen molar-refractivity contribution in [3.8, 4) is 11.5 Å². The molecule has 0 atom stereocenters. The van der Waals surface area contributed by atoms with Gasteiger partial charge in [-0.2, -0.15) is 0 Å². The minimum Gasteiger partial charge on any atom is -0.486 e. The molecular weight excluding hydrogens is 208 g/mol. The lowest BCUT2D eigenvalue weighted by molar-refractivity contribution is -0.131. The number of ether oxygens (including phenoxy) is 2. The van der Waals surface area contributed by atoms with Gasteiger partial charge in [0.25, 0.3) is 0 Å². The monoisotopic (exact) mass is 220 g/mol. The van der Waals surface area contributed by atoms with E-state index in [0.29, 0.717) is 30.3 Å². The number of hydrogen-bond acceptors (Lipinski definition) is 3. The number of carboxylic acids is 1. The predicted molar refractivity (Wildman–Crippen MR) is 58.7 cm³/mol. The van der Waals surface area contributed by atoms with E-state index in [9.17, 15) is 4.79 Å². The van der Waals surface area contributed by atoms with E-state index >= 15 is 0 Å². The van der Waals surface area contributed by atoms with Crippen molar-refractivity contribution in [3.63, 3.8) is 0 Å². The smallest absolute Gasteiger partial charge is 0.328 e. The van der Waals surface area contributed by atoms with Gasteiger partial charge in [0.15, 0.2) is 11.5 Å². The van der Waals surface area contributed by atoms with Crippen LogP contribution in [0.4, 0.5) is 0 Å². The van der Waals surface area contributed by atoms with Crippen LogP contribution in [-0.2, 0) is 4.79 Å². The summed E-state index contributed by atoms with van der Waals surface area (Å²) in [6.45, 7) is 2.83. The maximum Gasteiger partial charge on any atom is 0.328 e. The zero-order valence-corrected chi connectivity index (χ0v) is 8.90. The van der Waals surface area contributed by atoms with Gasteiger partial charge < -0.3 is 14.6 Å². The van der Waals surface area contributed by atoms with Crippen molar-refractivity contribution in [1.29, 1.82) is 0 Å². The van der Waals surface area contributed by atoms with Crippen molar-refractivity contribution in [1.82, 2.24) is 0 Å². The average Bonchev–Trinajstić information content (AvgIpc) is 2.27. The minimum absolute atomic E-state index is 0.526. The first-order valence-electron chi connectivity index (χ1n) is 4.98. The van der Waals surface area contributed by atoms with Crippen LogP contribution in [0.3, 0.4) is 0 Å². The van der Waals surface area contributed by atoms with E-state index in [2.05, 4.69) is 0 Å². The third-order valence-corrected chi connectivity index (χ3v) is 2.34. The maximum atomic E-state index is 10.5. The zero-order chi connectivity index (χ0) is 11.5. The summed E-state index contributed by atoms with van der Waals surface area (Å²) in [4.78, 5) is 10.5. The lowest BCUT2D eigenvalue weighted by Gasteiger charge is -2.18. The van der Waals surface area contributed by atoms with Gasteiger partial charge in [0.05, 0.1) is 0 Å². The average molecular weight is 220 g/mol. The molecule has 0 saturated carbocycles. The maximum absolute atomic E-state index is 10.5. The number of carboxylic acid groups (broad SMARTS) is 1. The fraction of sp³-hybridized carbons (Fsp3) is 0.250. The SMILES string of the molecule is C/C(=C\C(=O)O)c1ccc2c(c1)OCCO2. The Bertz CT molecular complexity index is 448. The Labute approximate surface area is 93.1 Å². The van der Waals surface area contributed by atoms with Gasteiger partial charge >= 0.3 is 5.97 Å². The van der Waals surface area contributed by atoms with Crippen LogP contribution >= 0.6 is 0 Å². The Kier molecular flexibility index (Phi) is 2.81. The lowest BCUT2D eigenvalue weighted by Crippen LogP contribution is -2.15. The molecule has 1 N–H and O–H groups in total. The third-order valence-electron chi connectivity index (χ3n) is 2.34. The normalized spacial score (nSPS) is 14.7. The number of hydrogen-bond donors (Lipinski definition) is 1. The molecule has 0 spiro atoms. The number of carbonyl (C=O) groups is 1. The van der Waals surface area contributed by atoms with Gasteiger partial charge in [0.1, 0.15) is 13.2 Å². The summed E-state index contributed by atoms with van der Waals surface area (Å²) >= 11 is 0. The van der Waals surface area contributed by atoms with Gasteiger partial charge in [-0.05, 0) is 30.2 Å². The molecule has 1 aliphatic heterocycles. The Balaban J connectivity index is 2.33. The van der Waals surface area contributed by atoms with Crippen molar-refractivity contribution in [3.05, 3.63) is 29.8 Å². The first-order chi connectivity index (χ1) is 7.66. The second-order valence-electron chi connectivity index (χ2n) is 3.52. The van der Waals surface area contributed by atoms with Crippen molar-refractivity contribution < 1.29 is 19.4 Å². The quantitative estimate of drug-likeness (QED) is 0.774. The number of fused-ring (bicyclic) bond motifs is 1. The van der Waals surface area contributed by atoms with Crippen LogP contribution in [0.5, 0.6) is 11.5 Å². The van der Waals surface area contributed by atoms with E-state index in [0.717, 1.165) is 5.56 Å². The van der Waals surface area contributed by atoms with E-state index in [-0.39, 0.29) is 0 Å². The molecule has 0 aliphatic carbocycles. The Morgan fingerprint density at radius 3 is 2.69 bits per heavy atom. The van der Waals surface area contributed by atoms with Crippen LogP contribution in [-0.4, -0.2) is 24.3 Å². The Morgan fingerprint density at radius 1 is 1.31 bits per heavy atom. The molecule has 0 aromatic heterocycles. The van der Waals surface area contributed by atoms with Crippen molar-refractivity contribution in [2.45, 2.75) is 6.92 Å². The van der Waals surface area contributed by atoms with E-state index in [4.69, 9.17) is 14.6 Å². The molecule has 84 valence electrons. The highest BCUT2D eigenvalue weighted by atomic mass is 16.6. The predicted octanol–water partition coefficient (Wildman–Crippen LogP) is 1.95. The molecule has 0 fully saturated rings. The van der Waals surface area contributed by atoms with Crippen molar-refractivity contribution in [2.75, 3.05) is 13.2 Å². The van der Waals surface area contributed by atoms with Crippen LogP contribution in [0.25, 0.3) is 5.57 Å². The molecule has 0 unspecified atom stereocenters. The fourth-order valence-corrected chi connectivity index (χ4v) is 1.56. The fourth-order valence-electron chi connectivity index (χ4n) is 1.56. The molecular formula is C12H12O4. The van der Waals surface area contributed by atoms with Crippen LogP contribution in [0, 0.1) is 0 Å². The Morgan fingerprint density at radius 2 is 2.00 bits per heavy atom. The van der Waals surface area contributed by atoms with Gasteiger partial charge in [-0.25, -0.2) is 4.79 Å². The summed E-state index contributed by atoms with van der Waals surface area (Å²) in [6.07, 6.45) is 1.17. The first-order valence-corrected chi connectivity index (χ1v) is 4.98. The van der Waals surface area contributed by atoms with Crippen molar-refractivity contribution in [2.24, 2.45) is 0 Å². The molecule has 1 aromatic carbocycles. The van der Waals surface area contributed by atoms with Gasteiger partial charge in [0, 0.05) is 6.08 Å². The Hall–Kier alpha value is -1.97. The third kappa shape index (κ3) is 2.16. The molecule has 1 heterocycles. The van der Waals surface area contributed by atoms with Crippen molar-refractivity contribution >= 4 is 11.5 Å². The van der Waals surface area contributed by atoms with Crippen LogP contribution in [0.15, 0.2) is 24.3 Å². The molecule has 0 amide bonds. The molecule has 1 aromatic rings. The number of benzene rings is 1. The van der Waals surface area contributed by atoms with Crippen LogP contribution in [0.1, 0.15) is 12.5 Å². The lowest BCUT2D eigenvalue weighted by atomic mass is 10.1. The summed E-state index contributed by atoms with van der Waals surface area (Å²) < 4.78 is 10.8. The molecule has 16 heavy (non-hydrogen) atoms. The molecule has 0 bridgehead atoms. The van der Waals surface area contributed by atoms with Crippen LogP contribution in [0.2, 0.25) is 0 Å². The summed E-state index contributed by atoms with van der Waals surface area (Å²) in [5, 5.41) is 8.65. The summed E-state index contributed by atoms with van der Waals surface area (Å²) in [5.74, 6) is 0.424. The highest BCUT2D eigenvalue weighted by Gasteiger charge is 2.12. The van der Waals surface area contributed by atoms with E-state index < -0.39 is 5.97 Å². The molecule has 0 radical (unpaired) electrons. The number of rotatable bonds is 2. The van der Waals surface area contributed by atoms with Crippen LogP contribution < -0.4 is 9.47 Å². The highest BCUT2D eigenvalue weighted by molar-refractivity contribution is 5.89. The van der Waals surface area contributed by atoms with Gasteiger partial charge in [0.2, 0.25) is 0 Å². The topological polar surface area (TPSA) is 55.8 Å². The number of aliphatic carboxylic acids is 1. The minimum atomic E-state index is -0.951. The second kappa shape index (κ2) is 4.26. The summed E-state index contributed by atoms with van der Waals surface area (Å²) in [6, 6.07) is 5.41. The van der Waals surface area contributed by atoms with E-state index in [1.807, 2.05) is 6.07 Å². The van der Waals surface area contributed by atoms with Gasteiger partial charge in [-0.3, -0.25) is 0 Å². The molecule has 2 rings (SSSR count). The standard InChI is InChI=1S/C12H12O4/c1-8(6-12(13)14)9-2-3-10-11(7-9)16-5-4-15-10/h2-3,6-7H,4-5H2,1H3,(H,13,14)/b8-6+. The first kappa shape index (κ1) is 10.5. The summed E-state index contributed by atoms with van der Waals surface area (Å²) in [5.41, 5.74) is 1.51. The van der Waals surface area contributed by atoms with E-state index in [1.54, 1.807) is 19.1 Å². The number of allylic oxidation sites excluding steroid dienone is 1. The molecule has 1 aliphatic rings. The van der Waals surface area contributed by atoms with Gasteiger partial charge in [-0.15, -0.1) is 0 Å².